The van der Waals surface area contributed by atoms with Gasteiger partial charge in [-0.1, -0.05) is 6.08 Å². The Bertz CT molecular complexity index is 434. The fourth-order valence-electron chi connectivity index (χ4n) is 2.49. The molecule has 1 aromatic heterocycles. The molecular weight excluding hydrogens is 226 g/mol. The van der Waals surface area contributed by atoms with Crippen molar-refractivity contribution in [3.8, 4) is 0 Å². The van der Waals surface area contributed by atoms with Gasteiger partial charge in [0.1, 0.15) is 5.82 Å². The standard InChI is InChI=1S/C14H21N3O/c1-11(13-4-5-13)17-14(6-7-16-17)15-9-12-3-2-8-18-10-12/h3,6-7,11,13,15H,2,4-5,8-10H2,1H3. The topological polar surface area (TPSA) is 39.1 Å². The Morgan fingerprint density at radius 3 is 3.17 bits per heavy atom. The van der Waals surface area contributed by atoms with Crippen LogP contribution in [0.3, 0.4) is 0 Å². The highest BCUT2D eigenvalue weighted by molar-refractivity contribution is 5.36. The molecule has 1 saturated carbocycles. The number of anilines is 1. The molecule has 0 amide bonds. The maximum absolute atomic E-state index is 5.45. The number of aromatic nitrogens is 2. The third kappa shape index (κ3) is 2.58. The normalized spacial score (nSPS) is 21.5. The highest BCUT2D eigenvalue weighted by atomic mass is 16.5. The van der Waals surface area contributed by atoms with Gasteiger partial charge in [0.15, 0.2) is 0 Å². The van der Waals surface area contributed by atoms with Gasteiger partial charge in [0.25, 0.3) is 0 Å². The summed E-state index contributed by atoms with van der Waals surface area (Å²) < 4.78 is 7.57. The number of hydrogen-bond acceptors (Lipinski definition) is 3. The summed E-state index contributed by atoms with van der Waals surface area (Å²) in [6.45, 7) is 4.75. The Hall–Kier alpha value is -1.29. The van der Waals surface area contributed by atoms with Crippen LogP contribution in [0.5, 0.6) is 0 Å². The van der Waals surface area contributed by atoms with Crippen molar-refractivity contribution in [3.05, 3.63) is 23.9 Å². The highest BCUT2D eigenvalue weighted by Gasteiger charge is 2.30. The van der Waals surface area contributed by atoms with Crippen LogP contribution in [0.2, 0.25) is 0 Å². The van der Waals surface area contributed by atoms with Crippen molar-refractivity contribution >= 4 is 5.82 Å². The van der Waals surface area contributed by atoms with Crippen molar-refractivity contribution in [1.82, 2.24) is 9.78 Å². The van der Waals surface area contributed by atoms with E-state index in [9.17, 15) is 0 Å². The van der Waals surface area contributed by atoms with E-state index in [-0.39, 0.29) is 0 Å². The van der Waals surface area contributed by atoms with E-state index in [1.54, 1.807) is 0 Å². The van der Waals surface area contributed by atoms with Gasteiger partial charge in [-0.25, -0.2) is 4.68 Å². The number of ether oxygens (including phenoxy) is 1. The molecule has 18 heavy (non-hydrogen) atoms. The van der Waals surface area contributed by atoms with Gasteiger partial charge in [0, 0.05) is 12.6 Å². The van der Waals surface area contributed by atoms with Gasteiger partial charge in [-0.3, -0.25) is 0 Å². The fraction of sp³-hybridized carbons (Fsp3) is 0.643. The molecule has 3 rings (SSSR count). The average Bonchev–Trinajstić information content (AvgIpc) is 3.15. The lowest BCUT2D eigenvalue weighted by Gasteiger charge is -2.18. The number of nitrogens with one attached hydrogen (secondary N) is 1. The summed E-state index contributed by atoms with van der Waals surface area (Å²) in [5, 5.41) is 7.92. The van der Waals surface area contributed by atoms with Gasteiger partial charge in [-0.15, -0.1) is 0 Å². The van der Waals surface area contributed by atoms with Crippen molar-refractivity contribution in [3.63, 3.8) is 0 Å². The quantitative estimate of drug-likeness (QED) is 0.813. The van der Waals surface area contributed by atoms with Gasteiger partial charge >= 0.3 is 0 Å². The maximum Gasteiger partial charge on any atom is 0.124 e. The Balaban J connectivity index is 1.62. The third-order valence-electron chi connectivity index (χ3n) is 3.84. The van der Waals surface area contributed by atoms with Crippen LogP contribution in [0.15, 0.2) is 23.9 Å². The zero-order chi connectivity index (χ0) is 12.4. The van der Waals surface area contributed by atoms with Gasteiger partial charge < -0.3 is 10.1 Å². The molecule has 0 spiro atoms. The van der Waals surface area contributed by atoms with Crippen molar-refractivity contribution in [2.45, 2.75) is 32.2 Å². The molecule has 98 valence electrons. The van der Waals surface area contributed by atoms with Gasteiger partial charge in [0.2, 0.25) is 0 Å². The molecule has 2 aliphatic rings. The number of nitrogens with zero attached hydrogens (tertiary/aromatic N) is 2. The Labute approximate surface area is 108 Å². The van der Waals surface area contributed by atoms with Gasteiger partial charge in [-0.2, -0.15) is 5.10 Å². The van der Waals surface area contributed by atoms with E-state index in [0.29, 0.717) is 6.04 Å². The molecule has 1 aliphatic carbocycles. The lowest BCUT2D eigenvalue weighted by Crippen LogP contribution is -2.18. The lowest BCUT2D eigenvalue weighted by molar-refractivity contribution is 0.150. The smallest absolute Gasteiger partial charge is 0.124 e. The molecule has 1 unspecified atom stereocenters. The molecule has 1 aromatic rings. The van der Waals surface area contributed by atoms with E-state index in [2.05, 4.69) is 34.2 Å². The first-order valence-electron chi connectivity index (χ1n) is 6.87. The molecule has 0 radical (unpaired) electrons. The van der Waals surface area contributed by atoms with Crippen molar-refractivity contribution < 1.29 is 4.74 Å². The third-order valence-corrected chi connectivity index (χ3v) is 3.84. The van der Waals surface area contributed by atoms with E-state index in [0.717, 1.165) is 37.9 Å². The van der Waals surface area contributed by atoms with Crippen molar-refractivity contribution in [1.29, 1.82) is 0 Å². The van der Waals surface area contributed by atoms with E-state index in [4.69, 9.17) is 4.74 Å². The van der Waals surface area contributed by atoms with E-state index in [1.165, 1.54) is 18.4 Å². The van der Waals surface area contributed by atoms with Crippen LogP contribution < -0.4 is 5.32 Å². The predicted octanol–water partition coefficient (Wildman–Crippen LogP) is 2.61. The summed E-state index contributed by atoms with van der Waals surface area (Å²) in [7, 11) is 0. The molecule has 0 bridgehead atoms. The summed E-state index contributed by atoms with van der Waals surface area (Å²) in [5.41, 5.74) is 1.34. The molecule has 0 aromatic carbocycles. The SMILES string of the molecule is CC(C1CC1)n1nccc1NCC1=CCCOC1. The largest absolute Gasteiger partial charge is 0.377 e. The maximum atomic E-state index is 5.45. The van der Waals surface area contributed by atoms with Crippen LogP contribution in [-0.4, -0.2) is 29.5 Å². The zero-order valence-corrected chi connectivity index (χ0v) is 10.9. The molecule has 1 atom stereocenters. The monoisotopic (exact) mass is 247 g/mol. The van der Waals surface area contributed by atoms with E-state index < -0.39 is 0 Å². The second kappa shape index (κ2) is 5.14. The highest BCUT2D eigenvalue weighted by Crippen LogP contribution is 2.40. The lowest BCUT2D eigenvalue weighted by atomic mass is 10.2. The summed E-state index contributed by atoms with van der Waals surface area (Å²) >= 11 is 0. The van der Waals surface area contributed by atoms with E-state index >= 15 is 0 Å². The van der Waals surface area contributed by atoms with E-state index in [1.807, 2.05) is 6.20 Å². The number of rotatable bonds is 5. The van der Waals surface area contributed by atoms with Crippen LogP contribution in [0.4, 0.5) is 5.82 Å². The fourth-order valence-corrected chi connectivity index (χ4v) is 2.49. The Kier molecular flexibility index (Phi) is 3.37. The second-order valence-electron chi connectivity index (χ2n) is 5.30. The molecule has 1 fully saturated rings. The van der Waals surface area contributed by atoms with Crippen molar-refractivity contribution in [2.75, 3.05) is 25.1 Å². The first-order valence-corrected chi connectivity index (χ1v) is 6.87. The van der Waals surface area contributed by atoms with Crippen molar-refractivity contribution in [2.24, 2.45) is 5.92 Å². The van der Waals surface area contributed by atoms with Gasteiger partial charge in [0.05, 0.1) is 25.5 Å². The minimum atomic E-state index is 0.513. The summed E-state index contributed by atoms with van der Waals surface area (Å²) in [6, 6.07) is 2.57. The second-order valence-corrected chi connectivity index (χ2v) is 5.30. The van der Waals surface area contributed by atoms with Gasteiger partial charge in [-0.05, 0) is 37.7 Å². The summed E-state index contributed by atoms with van der Waals surface area (Å²) in [5.74, 6) is 1.95. The van der Waals surface area contributed by atoms with Crippen LogP contribution in [0.25, 0.3) is 0 Å². The van der Waals surface area contributed by atoms with Crippen LogP contribution in [-0.2, 0) is 4.74 Å². The number of hydrogen-bond donors (Lipinski definition) is 1. The van der Waals surface area contributed by atoms with Crippen LogP contribution in [0, 0.1) is 5.92 Å². The molecule has 2 heterocycles. The first kappa shape index (κ1) is 11.8. The summed E-state index contributed by atoms with van der Waals surface area (Å²) in [4.78, 5) is 0. The molecule has 4 nitrogen and oxygen atoms in total. The minimum Gasteiger partial charge on any atom is -0.377 e. The molecular formula is C14H21N3O. The van der Waals surface area contributed by atoms with Crippen LogP contribution >= 0.6 is 0 Å². The summed E-state index contributed by atoms with van der Waals surface area (Å²) in [6.07, 6.45) is 7.89. The first-order chi connectivity index (χ1) is 8.84. The Morgan fingerprint density at radius 1 is 1.56 bits per heavy atom. The molecule has 0 saturated heterocycles. The Morgan fingerprint density at radius 2 is 2.44 bits per heavy atom. The predicted molar refractivity (Wildman–Crippen MR) is 71.7 cm³/mol. The zero-order valence-electron chi connectivity index (χ0n) is 10.9. The average molecular weight is 247 g/mol. The molecule has 1 aliphatic heterocycles. The minimum absolute atomic E-state index is 0.513. The molecule has 1 N–H and O–H groups in total. The molecule has 4 heteroatoms. The van der Waals surface area contributed by atoms with Crippen LogP contribution in [0.1, 0.15) is 32.2 Å².